The molecule has 0 aliphatic carbocycles. The van der Waals surface area contributed by atoms with Crippen LogP contribution in [0.5, 0.6) is 5.75 Å². The summed E-state index contributed by atoms with van der Waals surface area (Å²) < 4.78 is 1.47. The Balaban J connectivity index is 2.38. The maximum atomic E-state index is 12.5. The molecule has 6 nitrogen and oxygen atoms in total. The molecule has 3 rings (SSSR count). The molecule has 0 spiro atoms. The number of nitrogens with one attached hydrogen (secondary N) is 1. The number of pyridine rings is 1. The Hall–Kier alpha value is -2.89. The van der Waals surface area contributed by atoms with Gasteiger partial charge in [-0.3, -0.25) is 14.7 Å². The highest BCUT2D eigenvalue weighted by atomic mass is 16.3. The zero-order valence-electron chi connectivity index (χ0n) is 11.3. The maximum Gasteiger partial charge on any atom is 0.266 e. The lowest BCUT2D eigenvalue weighted by atomic mass is 10.0. The van der Waals surface area contributed by atoms with E-state index in [1.54, 1.807) is 24.3 Å². The Bertz CT molecular complexity index is 879. The lowest BCUT2D eigenvalue weighted by molar-refractivity contribution is 0.103. The van der Waals surface area contributed by atoms with Gasteiger partial charge in [-0.1, -0.05) is 12.1 Å². The number of benzene rings is 1. The van der Waals surface area contributed by atoms with Crippen LogP contribution in [0.3, 0.4) is 0 Å². The van der Waals surface area contributed by atoms with Crippen molar-refractivity contribution in [3.63, 3.8) is 0 Å². The number of carbonyl (C=O) groups is 1. The summed E-state index contributed by atoms with van der Waals surface area (Å²) in [6.07, 6.45) is 2.72. The van der Waals surface area contributed by atoms with Crippen LogP contribution in [0.15, 0.2) is 41.5 Å². The number of fused-ring (bicyclic) bond motifs is 1. The molecule has 1 aromatic carbocycles. The fraction of sp³-hybridized carbons (Fsp3) is 0.133. The van der Waals surface area contributed by atoms with Gasteiger partial charge in [0.05, 0.1) is 17.3 Å². The molecule has 0 atom stereocenters. The summed E-state index contributed by atoms with van der Waals surface area (Å²) in [5.41, 5.74) is 0.114. The van der Waals surface area contributed by atoms with E-state index in [-0.39, 0.29) is 16.9 Å². The first-order valence-electron chi connectivity index (χ1n) is 6.53. The quantitative estimate of drug-likeness (QED) is 0.716. The molecule has 0 unspecified atom stereocenters. The molecule has 106 valence electrons. The van der Waals surface area contributed by atoms with Gasteiger partial charge in [-0.05, 0) is 19.1 Å². The molecule has 0 aliphatic rings. The molecule has 0 amide bonds. The average molecular weight is 283 g/mol. The first kappa shape index (κ1) is 13.1. The van der Waals surface area contributed by atoms with Gasteiger partial charge in [-0.2, -0.15) is 5.10 Å². The zero-order chi connectivity index (χ0) is 15.0. The van der Waals surface area contributed by atoms with Gasteiger partial charge in [0.15, 0.2) is 0 Å². The minimum absolute atomic E-state index is 0.225. The van der Waals surface area contributed by atoms with Crippen molar-refractivity contribution in [1.82, 2.24) is 14.8 Å². The normalized spacial score (nSPS) is 10.9. The van der Waals surface area contributed by atoms with E-state index >= 15 is 0 Å². The number of para-hydroxylation sites is 1. The Labute approximate surface area is 119 Å². The first-order valence-corrected chi connectivity index (χ1v) is 6.53. The van der Waals surface area contributed by atoms with Crippen molar-refractivity contribution in [2.75, 3.05) is 0 Å². The number of aryl methyl sites for hydroxylation is 1. The Morgan fingerprint density at radius 3 is 2.81 bits per heavy atom. The van der Waals surface area contributed by atoms with Crippen LogP contribution in [0.25, 0.3) is 10.9 Å². The topological polar surface area (TPSA) is 88.0 Å². The van der Waals surface area contributed by atoms with Crippen LogP contribution in [0, 0.1) is 0 Å². The predicted octanol–water partition coefficient (Wildman–Crippen LogP) is 1.68. The number of hydrogen-bond donors (Lipinski definition) is 2. The standard InChI is InChI=1S/C15H13N3O3/c1-2-18-11-6-4-3-5-10(11)14(20)12(15(18)21)13(19)9-7-16-17-8-9/h3-8,20H,2H2,1H3,(H,16,17). The van der Waals surface area contributed by atoms with Gasteiger partial charge in [-0.25, -0.2) is 0 Å². The maximum absolute atomic E-state index is 12.5. The van der Waals surface area contributed by atoms with Crippen molar-refractivity contribution >= 4 is 16.7 Å². The van der Waals surface area contributed by atoms with E-state index in [1.165, 1.54) is 17.0 Å². The number of H-pyrrole nitrogens is 1. The van der Waals surface area contributed by atoms with E-state index in [0.717, 1.165) is 0 Å². The SMILES string of the molecule is CCn1c(=O)c(C(=O)c2cn[nH]c2)c(O)c2ccccc21. The molecule has 2 heterocycles. The highest BCUT2D eigenvalue weighted by Crippen LogP contribution is 2.27. The largest absolute Gasteiger partial charge is 0.506 e. The summed E-state index contributed by atoms with van der Waals surface area (Å²) in [6, 6.07) is 6.96. The van der Waals surface area contributed by atoms with Gasteiger partial charge in [-0.15, -0.1) is 0 Å². The number of carbonyl (C=O) groups excluding carboxylic acids is 1. The van der Waals surface area contributed by atoms with E-state index in [4.69, 9.17) is 0 Å². The van der Waals surface area contributed by atoms with Crippen LogP contribution in [0.1, 0.15) is 22.8 Å². The van der Waals surface area contributed by atoms with Crippen LogP contribution < -0.4 is 5.56 Å². The van der Waals surface area contributed by atoms with Crippen molar-refractivity contribution in [3.8, 4) is 5.75 Å². The summed E-state index contributed by atoms with van der Waals surface area (Å²) in [6.45, 7) is 2.22. The minimum atomic E-state index is -0.542. The summed E-state index contributed by atoms with van der Waals surface area (Å²) in [4.78, 5) is 25.0. The first-order chi connectivity index (χ1) is 10.1. The number of hydrogen-bond acceptors (Lipinski definition) is 4. The molecule has 21 heavy (non-hydrogen) atoms. The molecule has 0 bridgehead atoms. The van der Waals surface area contributed by atoms with Crippen LogP contribution >= 0.6 is 0 Å². The number of aromatic hydroxyl groups is 1. The van der Waals surface area contributed by atoms with Crippen molar-refractivity contribution in [1.29, 1.82) is 0 Å². The molecule has 6 heteroatoms. The monoisotopic (exact) mass is 283 g/mol. The summed E-state index contributed by atoms with van der Waals surface area (Å²) in [7, 11) is 0. The van der Waals surface area contributed by atoms with E-state index in [9.17, 15) is 14.7 Å². The molecular formula is C15H13N3O3. The van der Waals surface area contributed by atoms with E-state index in [2.05, 4.69) is 10.2 Å². The van der Waals surface area contributed by atoms with Crippen LogP contribution in [-0.2, 0) is 6.54 Å². The van der Waals surface area contributed by atoms with Crippen LogP contribution in [0.4, 0.5) is 0 Å². The number of rotatable bonds is 3. The fourth-order valence-electron chi connectivity index (χ4n) is 2.43. The number of aromatic nitrogens is 3. The lowest BCUT2D eigenvalue weighted by Crippen LogP contribution is -2.26. The number of ketones is 1. The summed E-state index contributed by atoms with van der Waals surface area (Å²) >= 11 is 0. The second-order valence-electron chi connectivity index (χ2n) is 4.61. The van der Waals surface area contributed by atoms with Crippen molar-refractivity contribution in [2.24, 2.45) is 0 Å². The molecule has 0 saturated heterocycles. The average Bonchev–Trinajstić information content (AvgIpc) is 3.02. The summed E-state index contributed by atoms with van der Waals surface area (Å²) in [5.74, 6) is -0.828. The van der Waals surface area contributed by atoms with Gasteiger partial charge >= 0.3 is 0 Å². The van der Waals surface area contributed by atoms with Crippen LogP contribution in [-0.4, -0.2) is 25.7 Å². The Morgan fingerprint density at radius 1 is 1.38 bits per heavy atom. The van der Waals surface area contributed by atoms with Crippen molar-refractivity contribution < 1.29 is 9.90 Å². The number of nitrogens with zero attached hydrogens (tertiary/aromatic N) is 2. The zero-order valence-corrected chi connectivity index (χ0v) is 11.3. The van der Waals surface area contributed by atoms with Crippen LogP contribution in [0.2, 0.25) is 0 Å². The molecule has 0 saturated carbocycles. The van der Waals surface area contributed by atoms with Crippen molar-refractivity contribution in [2.45, 2.75) is 13.5 Å². The fourth-order valence-corrected chi connectivity index (χ4v) is 2.43. The smallest absolute Gasteiger partial charge is 0.266 e. The third-order valence-electron chi connectivity index (χ3n) is 3.45. The van der Waals surface area contributed by atoms with E-state index in [1.807, 2.05) is 6.92 Å². The van der Waals surface area contributed by atoms with Gasteiger partial charge in [0.1, 0.15) is 11.3 Å². The van der Waals surface area contributed by atoms with Gasteiger partial charge < -0.3 is 9.67 Å². The third-order valence-corrected chi connectivity index (χ3v) is 3.45. The van der Waals surface area contributed by atoms with Gasteiger partial charge in [0.2, 0.25) is 5.78 Å². The predicted molar refractivity (Wildman–Crippen MR) is 77.6 cm³/mol. The second kappa shape index (κ2) is 4.90. The highest BCUT2D eigenvalue weighted by Gasteiger charge is 2.23. The Morgan fingerprint density at radius 2 is 2.14 bits per heavy atom. The van der Waals surface area contributed by atoms with Gasteiger partial charge in [0.25, 0.3) is 5.56 Å². The second-order valence-corrected chi connectivity index (χ2v) is 4.61. The highest BCUT2D eigenvalue weighted by molar-refractivity contribution is 6.12. The number of aromatic amines is 1. The van der Waals surface area contributed by atoms with Crippen molar-refractivity contribution in [3.05, 3.63) is 58.1 Å². The third kappa shape index (κ3) is 1.92. The van der Waals surface area contributed by atoms with Gasteiger partial charge in [0, 0.05) is 18.1 Å². The molecule has 2 aromatic heterocycles. The molecule has 2 N–H and O–H groups in total. The minimum Gasteiger partial charge on any atom is -0.506 e. The summed E-state index contributed by atoms with van der Waals surface area (Å²) in [5, 5.41) is 17.1. The molecule has 3 aromatic rings. The van der Waals surface area contributed by atoms with E-state index in [0.29, 0.717) is 17.4 Å². The molecule has 0 radical (unpaired) electrons. The lowest BCUT2D eigenvalue weighted by Gasteiger charge is -2.12. The Kier molecular flexibility index (Phi) is 3.06. The molecule has 0 fully saturated rings. The molecule has 0 aliphatic heterocycles. The van der Waals surface area contributed by atoms with E-state index < -0.39 is 11.3 Å². The molecular weight excluding hydrogens is 270 g/mol.